The average molecular weight is 214 g/mol. The van der Waals surface area contributed by atoms with E-state index in [1.165, 1.54) is 6.07 Å². The molecule has 0 atom stereocenters. The first-order valence-corrected chi connectivity index (χ1v) is 3.66. The number of pyridine rings is 1. The van der Waals surface area contributed by atoms with Crippen LogP contribution in [0.5, 0.6) is 0 Å². The van der Waals surface area contributed by atoms with Gasteiger partial charge < -0.3 is 10.1 Å². The molecule has 0 aliphatic heterocycles. The van der Waals surface area contributed by atoms with Gasteiger partial charge in [-0.1, -0.05) is 0 Å². The molecule has 0 unspecified atom stereocenters. The molecule has 0 saturated carbocycles. The Bertz CT molecular complexity index is 502. The van der Waals surface area contributed by atoms with Gasteiger partial charge >= 0.3 is 5.97 Å². The minimum atomic E-state index is -3.16. The van der Waals surface area contributed by atoms with E-state index in [4.69, 9.17) is 10.4 Å². The van der Waals surface area contributed by atoms with Crippen LogP contribution < -0.4 is 5.43 Å². The van der Waals surface area contributed by atoms with Crippen molar-refractivity contribution in [3.8, 4) is 6.07 Å². The predicted molar refractivity (Wildman–Crippen MR) is 43.7 cm³/mol. The van der Waals surface area contributed by atoms with Crippen LogP contribution >= 0.6 is 0 Å². The van der Waals surface area contributed by atoms with Crippen molar-refractivity contribution in [1.29, 1.82) is 5.26 Å². The lowest BCUT2D eigenvalue weighted by molar-refractivity contribution is 0.0680. The molecule has 1 aromatic rings. The van der Waals surface area contributed by atoms with Crippen molar-refractivity contribution in [2.45, 2.75) is 6.43 Å². The zero-order chi connectivity index (χ0) is 11.6. The number of aromatic carboxylic acids is 1. The number of carbonyl (C=O) groups is 1. The fraction of sp³-hybridized carbons (Fsp3) is 0.125. The molecule has 7 heteroatoms. The molecule has 0 saturated heterocycles. The monoisotopic (exact) mass is 214 g/mol. The zero-order valence-corrected chi connectivity index (χ0v) is 7.12. The number of H-pyrrole nitrogens is 1. The highest BCUT2D eigenvalue weighted by Crippen LogP contribution is 2.18. The molecular formula is C8H4F2N2O3. The standard InChI is InChI=1S/C8H4F2N2O3/c9-7(10)6-5(8(14)15)4(13)1-3(2-11)12-6/h1,7H,(H,12,13)(H,14,15). The number of nitrogens with one attached hydrogen (secondary N) is 1. The van der Waals surface area contributed by atoms with Gasteiger partial charge in [0.25, 0.3) is 6.43 Å². The van der Waals surface area contributed by atoms with E-state index in [-0.39, 0.29) is 0 Å². The quantitative estimate of drug-likeness (QED) is 0.764. The normalized spacial score (nSPS) is 10.0. The van der Waals surface area contributed by atoms with Crippen molar-refractivity contribution in [2.75, 3.05) is 0 Å². The molecule has 5 nitrogen and oxygen atoms in total. The highest BCUT2D eigenvalue weighted by molar-refractivity contribution is 5.88. The Morgan fingerprint density at radius 2 is 2.20 bits per heavy atom. The van der Waals surface area contributed by atoms with Gasteiger partial charge in [0.2, 0.25) is 0 Å². The molecule has 78 valence electrons. The second-order valence-electron chi connectivity index (χ2n) is 2.55. The Morgan fingerprint density at radius 1 is 1.60 bits per heavy atom. The minimum Gasteiger partial charge on any atom is -0.477 e. The third-order valence-electron chi connectivity index (χ3n) is 1.61. The van der Waals surface area contributed by atoms with E-state index in [1.807, 2.05) is 4.98 Å². The van der Waals surface area contributed by atoms with Crippen LogP contribution in [0.25, 0.3) is 0 Å². The minimum absolute atomic E-state index is 0.403. The van der Waals surface area contributed by atoms with E-state index in [1.54, 1.807) is 0 Å². The van der Waals surface area contributed by atoms with Crippen LogP contribution in [0.2, 0.25) is 0 Å². The van der Waals surface area contributed by atoms with Gasteiger partial charge in [-0.3, -0.25) is 4.79 Å². The lowest BCUT2D eigenvalue weighted by Crippen LogP contribution is -2.19. The number of carboxylic acid groups (broad SMARTS) is 1. The molecular weight excluding hydrogens is 210 g/mol. The summed E-state index contributed by atoms with van der Waals surface area (Å²) in [5, 5.41) is 16.9. The van der Waals surface area contributed by atoms with Gasteiger partial charge in [-0.25, -0.2) is 13.6 Å². The fourth-order valence-corrected chi connectivity index (χ4v) is 1.02. The van der Waals surface area contributed by atoms with Gasteiger partial charge in [0, 0.05) is 6.07 Å². The number of hydrogen-bond donors (Lipinski definition) is 2. The first-order valence-electron chi connectivity index (χ1n) is 3.66. The molecule has 1 heterocycles. The van der Waals surface area contributed by atoms with Crippen LogP contribution in [0.1, 0.15) is 28.2 Å². The van der Waals surface area contributed by atoms with E-state index in [0.717, 1.165) is 0 Å². The summed E-state index contributed by atoms with van der Waals surface area (Å²) in [6.07, 6.45) is -3.16. The molecule has 0 bridgehead atoms. The smallest absolute Gasteiger partial charge is 0.341 e. The number of alkyl halides is 2. The number of halogens is 2. The third-order valence-corrected chi connectivity index (χ3v) is 1.61. The average Bonchev–Trinajstić information content (AvgIpc) is 2.15. The third kappa shape index (κ3) is 1.99. The zero-order valence-electron chi connectivity index (χ0n) is 7.12. The summed E-state index contributed by atoms with van der Waals surface area (Å²) in [5.41, 5.74) is -3.61. The number of nitriles is 1. The van der Waals surface area contributed by atoms with E-state index in [9.17, 15) is 18.4 Å². The SMILES string of the molecule is N#Cc1cc(=O)c(C(=O)O)c(C(F)F)[nH]1. The molecule has 15 heavy (non-hydrogen) atoms. The largest absolute Gasteiger partial charge is 0.477 e. The molecule has 0 aliphatic carbocycles. The van der Waals surface area contributed by atoms with Crippen molar-refractivity contribution in [2.24, 2.45) is 0 Å². The fourth-order valence-electron chi connectivity index (χ4n) is 1.02. The summed E-state index contributed by atoms with van der Waals surface area (Å²) >= 11 is 0. The van der Waals surface area contributed by atoms with Gasteiger partial charge in [-0.15, -0.1) is 0 Å². The van der Waals surface area contributed by atoms with E-state index in [2.05, 4.69) is 0 Å². The predicted octanol–water partition coefficient (Wildman–Crippen LogP) is 0.882. The maximum Gasteiger partial charge on any atom is 0.341 e. The molecule has 2 N–H and O–H groups in total. The van der Waals surface area contributed by atoms with Crippen LogP contribution in [0.3, 0.4) is 0 Å². The Hall–Kier alpha value is -2.23. The van der Waals surface area contributed by atoms with Crippen molar-refractivity contribution in [3.63, 3.8) is 0 Å². The number of carboxylic acids is 1. The topological polar surface area (TPSA) is 93.9 Å². The molecule has 0 radical (unpaired) electrons. The molecule has 0 spiro atoms. The summed E-state index contributed by atoms with van der Waals surface area (Å²) in [6, 6.07) is 2.11. The number of nitrogens with zero attached hydrogens (tertiary/aromatic N) is 1. The molecule has 0 aromatic carbocycles. The molecule has 1 aromatic heterocycles. The van der Waals surface area contributed by atoms with E-state index < -0.39 is 34.8 Å². The lowest BCUT2D eigenvalue weighted by atomic mass is 10.1. The highest BCUT2D eigenvalue weighted by atomic mass is 19.3. The summed E-state index contributed by atoms with van der Waals surface area (Å²) in [7, 11) is 0. The molecule has 0 fully saturated rings. The summed E-state index contributed by atoms with van der Waals surface area (Å²) in [4.78, 5) is 23.5. The van der Waals surface area contributed by atoms with Crippen molar-refractivity contribution in [3.05, 3.63) is 33.2 Å². The van der Waals surface area contributed by atoms with Crippen LogP contribution in [0, 0.1) is 11.3 Å². The van der Waals surface area contributed by atoms with Crippen molar-refractivity contribution >= 4 is 5.97 Å². The summed E-state index contributed by atoms with van der Waals surface area (Å²) < 4.78 is 24.7. The molecule has 0 aliphatic rings. The Kier molecular flexibility index (Phi) is 2.80. The summed E-state index contributed by atoms with van der Waals surface area (Å²) in [6.45, 7) is 0. The first-order chi connectivity index (χ1) is 6.97. The van der Waals surface area contributed by atoms with E-state index in [0.29, 0.717) is 6.07 Å². The number of hydrogen-bond acceptors (Lipinski definition) is 3. The van der Waals surface area contributed by atoms with E-state index >= 15 is 0 Å². The molecule has 0 amide bonds. The van der Waals surface area contributed by atoms with Crippen LogP contribution in [0.15, 0.2) is 10.9 Å². The van der Waals surface area contributed by atoms with Crippen molar-refractivity contribution in [1.82, 2.24) is 4.98 Å². The van der Waals surface area contributed by atoms with Crippen LogP contribution in [-0.2, 0) is 0 Å². The lowest BCUT2D eigenvalue weighted by Gasteiger charge is -2.04. The Balaban J connectivity index is 3.59. The summed E-state index contributed by atoms with van der Waals surface area (Å²) in [5.74, 6) is -1.75. The Labute approximate surface area is 81.6 Å². The maximum absolute atomic E-state index is 12.3. The van der Waals surface area contributed by atoms with Crippen LogP contribution in [0.4, 0.5) is 8.78 Å². The maximum atomic E-state index is 12.3. The Morgan fingerprint density at radius 3 is 2.60 bits per heavy atom. The van der Waals surface area contributed by atoms with Gasteiger partial charge in [0.1, 0.15) is 23.0 Å². The highest BCUT2D eigenvalue weighted by Gasteiger charge is 2.22. The first kappa shape index (κ1) is 10.8. The van der Waals surface area contributed by atoms with Gasteiger partial charge in [0.15, 0.2) is 5.43 Å². The second kappa shape index (κ2) is 3.88. The molecule has 1 rings (SSSR count). The number of aromatic nitrogens is 1. The number of rotatable bonds is 2. The van der Waals surface area contributed by atoms with Gasteiger partial charge in [-0.2, -0.15) is 5.26 Å². The van der Waals surface area contributed by atoms with Gasteiger partial charge in [-0.05, 0) is 0 Å². The van der Waals surface area contributed by atoms with Crippen LogP contribution in [-0.4, -0.2) is 16.1 Å². The second-order valence-corrected chi connectivity index (χ2v) is 2.55. The number of aromatic amines is 1. The van der Waals surface area contributed by atoms with Crippen molar-refractivity contribution < 1.29 is 18.7 Å². The van der Waals surface area contributed by atoms with Gasteiger partial charge in [0.05, 0.1) is 0 Å².